The fourth-order valence-electron chi connectivity index (χ4n) is 3.63. The zero-order valence-corrected chi connectivity index (χ0v) is 17.6. The summed E-state index contributed by atoms with van der Waals surface area (Å²) in [6, 6.07) is 23.7. The van der Waals surface area contributed by atoms with Crippen LogP contribution >= 0.6 is 0 Å². The van der Waals surface area contributed by atoms with Crippen LogP contribution < -0.4 is 0 Å². The van der Waals surface area contributed by atoms with Crippen molar-refractivity contribution >= 4 is 22.5 Å². The quantitative estimate of drug-likeness (QED) is 0.395. The lowest BCUT2D eigenvalue weighted by Crippen LogP contribution is -2.26. The molecule has 0 bridgehead atoms. The molecule has 0 fully saturated rings. The number of carbonyl (C=O) groups excluding carboxylic acids is 2. The second-order valence-electron chi connectivity index (χ2n) is 7.77. The molecular weight excluding hydrogens is 386 g/mol. The Kier molecular flexibility index (Phi) is 6.22. The minimum atomic E-state index is -0.0510. The molecule has 0 radical (unpaired) electrons. The molecule has 0 N–H and O–H groups in total. The largest absolute Gasteiger partial charge is 0.341 e. The van der Waals surface area contributed by atoms with Crippen LogP contribution in [0.2, 0.25) is 0 Å². The molecule has 156 valence electrons. The summed E-state index contributed by atoms with van der Waals surface area (Å²) in [6.07, 6.45) is 4.14. The Balaban J connectivity index is 1.29. The van der Waals surface area contributed by atoms with E-state index < -0.39 is 0 Å². The number of aromatic nitrogens is 2. The van der Waals surface area contributed by atoms with Crippen LogP contribution in [0.4, 0.5) is 0 Å². The van der Waals surface area contributed by atoms with Gasteiger partial charge in [0.05, 0.1) is 12.7 Å². The van der Waals surface area contributed by atoms with Gasteiger partial charge in [-0.1, -0.05) is 66.7 Å². The van der Waals surface area contributed by atoms with Crippen LogP contribution in [0.1, 0.15) is 34.3 Å². The van der Waals surface area contributed by atoms with Crippen LogP contribution in [0.5, 0.6) is 0 Å². The summed E-state index contributed by atoms with van der Waals surface area (Å²) in [5, 5.41) is 6.52. The molecule has 1 amide bonds. The number of rotatable bonds is 8. The molecule has 4 rings (SSSR count). The summed E-state index contributed by atoms with van der Waals surface area (Å²) in [7, 11) is 1.76. The maximum Gasteiger partial charge on any atom is 0.223 e. The van der Waals surface area contributed by atoms with Crippen molar-refractivity contribution in [3.8, 4) is 0 Å². The fraction of sp³-hybridized carbons (Fsp3) is 0.192. The average Bonchev–Trinajstić information content (AvgIpc) is 3.24. The third kappa shape index (κ3) is 5.25. The van der Waals surface area contributed by atoms with Gasteiger partial charge in [0.1, 0.15) is 0 Å². The first-order valence-electron chi connectivity index (χ1n) is 10.4. The molecule has 0 unspecified atom stereocenters. The van der Waals surface area contributed by atoms with Gasteiger partial charge in [-0.2, -0.15) is 5.10 Å². The summed E-state index contributed by atoms with van der Waals surface area (Å²) < 4.78 is 1.87. The lowest BCUT2D eigenvalue weighted by Gasteiger charge is -2.16. The van der Waals surface area contributed by atoms with Crippen molar-refractivity contribution in [1.82, 2.24) is 14.7 Å². The van der Waals surface area contributed by atoms with Crippen LogP contribution in [-0.4, -0.2) is 33.4 Å². The van der Waals surface area contributed by atoms with Crippen molar-refractivity contribution < 1.29 is 9.59 Å². The van der Waals surface area contributed by atoms with Crippen LogP contribution in [-0.2, 0) is 17.9 Å². The summed E-state index contributed by atoms with van der Waals surface area (Å²) in [5.74, 6) is -0.0619. The lowest BCUT2D eigenvalue weighted by atomic mass is 10.0. The van der Waals surface area contributed by atoms with Crippen LogP contribution in [0, 0.1) is 0 Å². The predicted molar refractivity (Wildman–Crippen MR) is 122 cm³/mol. The predicted octanol–water partition coefficient (Wildman–Crippen LogP) is 4.71. The molecule has 3 aromatic carbocycles. The number of carbonyl (C=O) groups is 2. The highest BCUT2D eigenvalue weighted by atomic mass is 16.2. The maximum atomic E-state index is 12.6. The Hall–Kier alpha value is -3.73. The number of amides is 1. The van der Waals surface area contributed by atoms with Gasteiger partial charge in [-0.15, -0.1) is 0 Å². The number of benzene rings is 3. The minimum Gasteiger partial charge on any atom is -0.341 e. The fourth-order valence-corrected chi connectivity index (χ4v) is 3.63. The zero-order chi connectivity index (χ0) is 21.6. The molecule has 4 aromatic rings. The smallest absolute Gasteiger partial charge is 0.223 e. The minimum absolute atomic E-state index is 0.0109. The maximum absolute atomic E-state index is 12.6. The van der Waals surface area contributed by atoms with E-state index in [2.05, 4.69) is 17.2 Å². The Morgan fingerprint density at radius 2 is 1.61 bits per heavy atom. The Labute approximate surface area is 181 Å². The van der Waals surface area contributed by atoms with E-state index >= 15 is 0 Å². The van der Waals surface area contributed by atoms with E-state index in [4.69, 9.17) is 0 Å². The highest BCUT2D eigenvalue weighted by Gasteiger charge is 2.14. The summed E-state index contributed by atoms with van der Waals surface area (Å²) in [5.41, 5.74) is 2.79. The van der Waals surface area contributed by atoms with Gasteiger partial charge in [-0.3, -0.25) is 14.3 Å². The van der Waals surface area contributed by atoms with Crippen LogP contribution in [0.3, 0.4) is 0 Å². The third-order valence-electron chi connectivity index (χ3n) is 5.36. The molecule has 0 aliphatic carbocycles. The molecule has 0 saturated carbocycles. The van der Waals surface area contributed by atoms with Crippen LogP contribution in [0.15, 0.2) is 85.2 Å². The first-order valence-corrected chi connectivity index (χ1v) is 10.4. The highest BCUT2D eigenvalue weighted by Crippen LogP contribution is 2.17. The van der Waals surface area contributed by atoms with E-state index in [1.54, 1.807) is 18.1 Å². The van der Waals surface area contributed by atoms with E-state index in [1.807, 2.05) is 71.5 Å². The van der Waals surface area contributed by atoms with E-state index in [9.17, 15) is 9.59 Å². The number of fused-ring (bicyclic) bond motifs is 1. The van der Waals surface area contributed by atoms with Gasteiger partial charge in [0.2, 0.25) is 5.91 Å². The van der Waals surface area contributed by atoms with E-state index in [0.29, 0.717) is 18.7 Å². The topological polar surface area (TPSA) is 55.2 Å². The Morgan fingerprint density at radius 3 is 2.42 bits per heavy atom. The van der Waals surface area contributed by atoms with Crippen LogP contribution in [0.25, 0.3) is 10.8 Å². The van der Waals surface area contributed by atoms with Crippen molar-refractivity contribution in [2.75, 3.05) is 7.05 Å². The summed E-state index contributed by atoms with van der Waals surface area (Å²) >= 11 is 0. The molecule has 1 aromatic heterocycles. The van der Waals surface area contributed by atoms with Crippen molar-refractivity contribution in [2.24, 2.45) is 0 Å². The second-order valence-corrected chi connectivity index (χ2v) is 7.77. The van der Waals surface area contributed by atoms with Gasteiger partial charge in [0, 0.05) is 43.8 Å². The van der Waals surface area contributed by atoms with Gasteiger partial charge in [-0.25, -0.2) is 0 Å². The summed E-state index contributed by atoms with van der Waals surface area (Å²) in [4.78, 5) is 26.8. The number of hydrogen-bond donors (Lipinski definition) is 0. The molecule has 0 saturated heterocycles. The molecule has 0 aliphatic rings. The Morgan fingerprint density at radius 1 is 0.871 bits per heavy atom. The number of nitrogens with zero attached hydrogens (tertiary/aromatic N) is 3. The molecule has 31 heavy (non-hydrogen) atoms. The lowest BCUT2D eigenvalue weighted by molar-refractivity contribution is -0.130. The average molecular weight is 412 g/mol. The second kappa shape index (κ2) is 9.39. The first kappa shape index (κ1) is 20.5. The van der Waals surface area contributed by atoms with E-state index in [-0.39, 0.29) is 24.5 Å². The van der Waals surface area contributed by atoms with Crippen molar-refractivity contribution in [3.05, 3.63) is 102 Å². The monoisotopic (exact) mass is 411 g/mol. The standard InChI is InChI=1S/C26H25N3O2/c1-28(17-21-16-27-29(19-21)18-20-7-3-2-4-8-20)26(31)14-13-25(30)24-12-11-22-9-5-6-10-23(22)15-24/h2-12,15-16,19H,13-14,17-18H2,1H3. The van der Waals surface area contributed by atoms with Crippen molar-refractivity contribution in [1.29, 1.82) is 0 Å². The molecule has 5 nitrogen and oxygen atoms in total. The molecule has 0 aliphatic heterocycles. The van der Waals surface area contributed by atoms with Crippen molar-refractivity contribution in [3.63, 3.8) is 0 Å². The van der Waals surface area contributed by atoms with E-state index in [0.717, 1.165) is 16.3 Å². The number of ketones is 1. The molecule has 0 spiro atoms. The third-order valence-corrected chi connectivity index (χ3v) is 5.36. The molecular formula is C26H25N3O2. The van der Waals surface area contributed by atoms with Gasteiger partial charge < -0.3 is 4.90 Å². The molecule has 1 heterocycles. The number of hydrogen-bond acceptors (Lipinski definition) is 3. The molecule has 5 heteroatoms. The van der Waals surface area contributed by atoms with Gasteiger partial charge in [0.25, 0.3) is 0 Å². The first-order chi connectivity index (χ1) is 15.1. The normalized spacial score (nSPS) is 10.9. The SMILES string of the molecule is CN(Cc1cnn(Cc2ccccc2)c1)C(=O)CCC(=O)c1ccc2ccccc2c1. The van der Waals surface area contributed by atoms with Crippen molar-refractivity contribution in [2.45, 2.75) is 25.9 Å². The zero-order valence-electron chi connectivity index (χ0n) is 17.6. The van der Waals surface area contributed by atoms with Gasteiger partial charge >= 0.3 is 0 Å². The molecule has 0 atom stereocenters. The van der Waals surface area contributed by atoms with Gasteiger partial charge in [0.15, 0.2) is 5.78 Å². The summed E-state index contributed by atoms with van der Waals surface area (Å²) in [6.45, 7) is 1.16. The van der Waals surface area contributed by atoms with E-state index in [1.165, 1.54) is 5.56 Å². The highest BCUT2D eigenvalue weighted by molar-refractivity contribution is 6.01. The Bertz CT molecular complexity index is 1200. The number of Topliss-reactive ketones (excluding diaryl/α,β-unsaturated/α-hetero) is 1. The van der Waals surface area contributed by atoms with Gasteiger partial charge in [-0.05, 0) is 22.4 Å².